The maximum Gasteiger partial charge on any atom is 0.339 e. The van der Waals surface area contributed by atoms with Crippen molar-refractivity contribution in [1.82, 2.24) is 14.8 Å². The molecule has 3 rings (SSSR count). The Morgan fingerprint density at radius 2 is 1.71 bits per heavy atom. The lowest BCUT2D eigenvalue weighted by Gasteiger charge is -2.22. The molecule has 1 fully saturated rings. The number of aromatic nitrogens is 1. The second kappa shape index (κ2) is 10.3. The van der Waals surface area contributed by atoms with Crippen molar-refractivity contribution in [2.24, 2.45) is 0 Å². The summed E-state index contributed by atoms with van der Waals surface area (Å²) in [5, 5.41) is 3.44. The van der Waals surface area contributed by atoms with Crippen LogP contribution in [0.3, 0.4) is 0 Å². The second-order valence-corrected chi connectivity index (χ2v) is 7.56. The summed E-state index contributed by atoms with van der Waals surface area (Å²) in [4.78, 5) is 45.1. The smallest absolute Gasteiger partial charge is 0.339 e. The molecule has 0 bridgehead atoms. The molecule has 1 N–H and O–H groups in total. The van der Waals surface area contributed by atoms with Gasteiger partial charge < -0.3 is 19.9 Å². The number of nitrogens with zero attached hydrogens (tertiary/aromatic N) is 3. The zero-order valence-electron chi connectivity index (χ0n) is 17.6. The quantitative estimate of drug-likeness (QED) is 0.727. The number of aryl methyl sites for hydroxylation is 1. The lowest BCUT2D eigenvalue weighted by atomic mass is 10.1. The van der Waals surface area contributed by atoms with E-state index in [1.807, 2.05) is 0 Å². The van der Waals surface area contributed by atoms with Crippen molar-refractivity contribution >= 4 is 35.2 Å². The normalized spacial score (nSPS) is 14.0. The number of nitrogens with one attached hydrogen (secondary N) is 1. The van der Waals surface area contributed by atoms with Crippen LogP contribution in [0.2, 0.25) is 5.02 Å². The van der Waals surface area contributed by atoms with Crippen LogP contribution in [0.15, 0.2) is 36.4 Å². The van der Waals surface area contributed by atoms with Gasteiger partial charge in [0.15, 0.2) is 0 Å². The highest BCUT2D eigenvalue weighted by atomic mass is 35.5. The van der Waals surface area contributed by atoms with Gasteiger partial charge in [-0.05, 0) is 56.7 Å². The van der Waals surface area contributed by atoms with Crippen molar-refractivity contribution in [2.75, 3.05) is 38.1 Å². The van der Waals surface area contributed by atoms with Crippen molar-refractivity contribution in [2.45, 2.75) is 20.3 Å². The Balaban J connectivity index is 1.61. The Kier molecular flexibility index (Phi) is 7.46. The monoisotopic (exact) mass is 444 g/mol. The fourth-order valence-electron chi connectivity index (χ4n) is 3.33. The fraction of sp³-hybridized carbons (Fsp3) is 0.364. The number of carbonyl (C=O) groups is 3. The average Bonchev–Trinajstić information content (AvgIpc) is 3.01. The summed E-state index contributed by atoms with van der Waals surface area (Å²) >= 11 is 5.87. The topological polar surface area (TPSA) is 91.8 Å². The Hall–Kier alpha value is -3.13. The number of benzene rings is 1. The molecule has 0 atom stereocenters. The maximum atomic E-state index is 12.9. The van der Waals surface area contributed by atoms with Crippen LogP contribution in [0.1, 0.15) is 39.9 Å². The highest BCUT2D eigenvalue weighted by Crippen LogP contribution is 2.16. The molecule has 0 radical (unpaired) electrons. The molecule has 0 unspecified atom stereocenters. The molecular formula is C22H25ClN4O4. The SMILES string of the molecule is CCOC(=O)c1ccc(C(=O)N2CCCN(C(=O)Nc3ccc(Cl)cc3)CC2)nc1C. The van der Waals surface area contributed by atoms with Crippen molar-refractivity contribution < 1.29 is 19.1 Å². The van der Waals surface area contributed by atoms with Crippen molar-refractivity contribution in [3.05, 3.63) is 58.4 Å². The van der Waals surface area contributed by atoms with Gasteiger partial charge in [0.05, 0.1) is 17.9 Å². The molecule has 1 saturated heterocycles. The predicted octanol–water partition coefficient (Wildman–Crippen LogP) is 3.60. The number of anilines is 1. The van der Waals surface area contributed by atoms with Crippen molar-refractivity contribution in [1.29, 1.82) is 0 Å². The van der Waals surface area contributed by atoms with Gasteiger partial charge in [-0.1, -0.05) is 11.6 Å². The van der Waals surface area contributed by atoms with E-state index in [0.29, 0.717) is 54.6 Å². The van der Waals surface area contributed by atoms with Crippen LogP contribution in [0.4, 0.5) is 10.5 Å². The number of hydrogen-bond acceptors (Lipinski definition) is 5. The van der Waals surface area contributed by atoms with Gasteiger partial charge in [-0.25, -0.2) is 14.6 Å². The molecule has 3 amide bonds. The van der Waals surface area contributed by atoms with Gasteiger partial charge in [0, 0.05) is 36.9 Å². The zero-order valence-corrected chi connectivity index (χ0v) is 18.3. The molecule has 8 nitrogen and oxygen atoms in total. The molecule has 31 heavy (non-hydrogen) atoms. The fourth-order valence-corrected chi connectivity index (χ4v) is 3.45. The van der Waals surface area contributed by atoms with Gasteiger partial charge in [0.25, 0.3) is 5.91 Å². The van der Waals surface area contributed by atoms with Crippen LogP contribution >= 0.6 is 11.6 Å². The van der Waals surface area contributed by atoms with E-state index in [4.69, 9.17) is 16.3 Å². The zero-order chi connectivity index (χ0) is 22.4. The van der Waals surface area contributed by atoms with E-state index in [-0.39, 0.29) is 24.2 Å². The summed E-state index contributed by atoms with van der Waals surface area (Å²) in [6.07, 6.45) is 0.652. The molecule has 164 valence electrons. The maximum absolute atomic E-state index is 12.9. The van der Waals surface area contributed by atoms with Crippen molar-refractivity contribution in [3.8, 4) is 0 Å². The molecule has 1 aliphatic heterocycles. The number of esters is 1. The number of rotatable bonds is 4. The van der Waals surface area contributed by atoms with Crippen LogP contribution in [-0.4, -0.2) is 65.5 Å². The molecule has 1 aromatic carbocycles. The number of carbonyl (C=O) groups excluding carboxylic acids is 3. The van der Waals surface area contributed by atoms with Crippen LogP contribution < -0.4 is 5.32 Å². The number of ether oxygens (including phenoxy) is 1. The lowest BCUT2D eigenvalue weighted by molar-refractivity contribution is 0.0524. The second-order valence-electron chi connectivity index (χ2n) is 7.12. The Bertz CT molecular complexity index is 964. The first-order valence-corrected chi connectivity index (χ1v) is 10.5. The Labute approximate surface area is 186 Å². The van der Waals surface area contributed by atoms with E-state index in [2.05, 4.69) is 10.3 Å². The molecule has 1 aliphatic rings. The lowest BCUT2D eigenvalue weighted by Crippen LogP contribution is -2.39. The highest BCUT2D eigenvalue weighted by molar-refractivity contribution is 6.30. The largest absolute Gasteiger partial charge is 0.462 e. The van der Waals surface area contributed by atoms with E-state index in [0.717, 1.165) is 0 Å². The number of halogens is 1. The van der Waals surface area contributed by atoms with Crippen LogP contribution in [-0.2, 0) is 4.74 Å². The standard InChI is InChI=1S/C22H25ClN4O4/c1-3-31-21(29)18-9-10-19(24-15(18)2)20(28)26-11-4-12-27(14-13-26)22(30)25-17-7-5-16(23)6-8-17/h5-10H,3-4,11-14H2,1-2H3,(H,25,30). The minimum Gasteiger partial charge on any atom is -0.462 e. The van der Waals surface area contributed by atoms with Gasteiger partial charge in [-0.15, -0.1) is 0 Å². The van der Waals surface area contributed by atoms with Crippen molar-refractivity contribution in [3.63, 3.8) is 0 Å². The average molecular weight is 445 g/mol. The third-order valence-electron chi connectivity index (χ3n) is 4.97. The van der Waals surface area contributed by atoms with Crippen LogP contribution in [0.25, 0.3) is 0 Å². The first kappa shape index (κ1) is 22.6. The molecule has 0 saturated carbocycles. The van der Waals surface area contributed by atoms with Crippen LogP contribution in [0, 0.1) is 6.92 Å². The minimum absolute atomic E-state index is 0.218. The number of pyridine rings is 1. The molecule has 9 heteroatoms. The van der Waals surface area contributed by atoms with E-state index >= 15 is 0 Å². The van der Waals surface area contributed by atoms with Crippen LogP contribution in [0.5, 0.6) is 0 Å². The first-order valence-electron chi connectivity index (χ1n) is 10.1. The molecule has 1 aromatic heterocycles. The number of hydrogen-bond donors (Lipinski definition) is 1. The van der Waals surface area contributed by atoms with E-state index in [9.17, 15) is 14.4 Å². The molecular weight excluding hydrogens is 420 g/mol. The summed E-state index contributed by atoms with van der Waals surface area (Å²) in [5.41, 5.74) is 1.72. The van der Waals surface area contributed by atoms with Gasteiger partial charge >= 0.3 is 12.0 Å². The molecule has 2 aromatic rings. The highest BCUT2D eigenvalue weighted by Gasteiger charge is 2.24. The molecule has 2 heterocycles. The first-order chi connectivity index (χ1) is 14.9. The number of amides is 3. The Morgan fingerprint density at radius 1 is 1.03 bits per heavy atom. The van der Waals surface area contributed by atoms with Gasteiger partial charge in [-0.2, -0.15) is 0 Å². The summed E-state index contributed by atoms with van der Waals surface area (Å²) in [7, 11) is 0. The van der Waals surface area contributed by atoms with Gasteiger partial charge in [0.1, 0.15) is 5.69 Å². The third-order valence-corrected chi connectivity index (χ3v) is 5.22. The van der Waals surface area contributed by atoms with Gasteiger partial charge in [-0.3, -0.25) is 4.79 Å². The summed E-state index contributed by atoms with van der Waals surface area (Å²) < 4.78 is 5.00. The molecule has 0 aliphatic carbocycles. The van der Waals surface area contributed by atoms with E-state index in [1.54, 1.807) is 54.0 Å². The van der Waals surface area contributed by atoms with E-state index < -0.39 is 5.97 Å². The van der Waals surface area contributed by atoms with Gasteiger partial charge in [0.2, 0.25) is 0 Å². The third kappa shape index (κ3) is 5.73. The summed E-state index contributed by atoms with van der Waals surface area (Å²) in [6, 6.07) is 9.78. The minimum atomic E-state index is -0.455. The Morgan fingerprint density at radius 3 is 2.39 bits per heavy atom. The number of urea groups is 1. The summed E-state index contributed by atoms with van der Waals surface area (Å²) in [5.74, 6) is -0.679. The predicted molar refractivity (Wildman–Crippen MR) is 117 cm³/mol. The molecule has 0 spiro atoms. The summed E-state index contributed by atoms with van der Waals surface area (Å²) in [6.45, 7) is 5.54. The van der Waals surface area contributed by atoms with E-state index in [1.165, 1.54) is 6.07 Å².